The van der Waals surface area contributed by atoms with E-state index in [-0.39, 0.29) is 5.25 Å². The number of thiol groups is 1. The van der Waals surface area contributed by atoms with Crippen molar-refractivity contribution >= 4 is 41.5 Å². The Morgan fingerprint density at radius 2 is 2.15 bits per heavy atom. The molecule has 70 valence electrons. The van der Waals surface area contributed by atoms with Crippen LogP contribution in [0, 0.1) is 0 Å². The maximum absolute atomic E-state index is 6.03. The van der Waals surface area contributed by atoms with Crippen molar-refractivity contribution in [3.63, 3.8) is 0 Å². The first-order chi connectivity index (χ1) is 6.18. The molecular formula is C9H9Cl2NS. The lowest BCUT2D eigenvalue weighted by atomic mass is 10.0. The summed E-state index contributed by atoms with van der Waals surface area (Å²) in [5.41, 5.74) is 2.09. The van der Waals surface area contributed by atoms with Gasteiger partial charge in [0.05, 0.1) is 10.7 Å². The van der Waals surface area contributed by atoms with Gasteiger partial charge in [0.2, 0.25) is 0 Å². The molecule has 1 aliphatic rings. The lowest BCUT2D eigenvalue weighted by Gasteiger charge is -2.24. The summed E-state index contributed by atoms with van der Waals surface area (Å²) >= 11 is 16.4. The van der Waals surface area contributed by atoms with Crippen LogP contribution in [0.4, 0.5) is 5.69 Å². The van der Waals surface area contributed by atoms with E-state index < -0.39 is 0 Å². The summed E-state index contributed by atoms with van der Waals surface area (Å²) in [7, 11) is 0. The molecule has 2 rings (SSSR count). The minimum absolute atomic E-state index is 0.243. The third-order valence-electron chi connectivity index (χ3n) is 2.16. The number of hydrogen-bond acceptors (Lipinski definition) is 2. The van der Waals surface area contributed by atoms with Crippen molar-refractivity contribution in [3.8, 4) is 0 Å². The average molecular weight is 234 g/mol. The number of anilines is 1. The molecule has 1 unspecified atom stereocenters. The Morgan fingerprint density at radius 1 is 1.38 bits per heavy atom. The Hall–Kier alpha value is -0.0500. The first kappa shape index (κ1) is 9.50. The van der Waals surface area contributed by atoms with Gasteiger partial charge >= 0.3 is 0 Å². The number of fused-ring (bicyclic) bond motifs is 1. The smallest absolute Gasteiger partial charge is 0.0655 e. The van der Waals surface area contributed by atoms with Gasteiger partial charge in [-0.15, -0.1) is 0 Å². The minimum atomic E-state index is 0.243. The van der Waals surface area contributed by atoms with Crippen LogP contribution in [-0.2, 0) is 0 Å². The van der Waals surface area contributed by atoms with Crippen molar-refractivity contribution in [2.24, 2.45) is 0 Å². The molecule has 0 saturated heterocycles. The molecule has 1 aliphatic heterocycles. The molecule has 13 heavy (non-hydrogen) atoms. The van der Waals surface area contributed by atoms with E-state index >= 15 is 0 Å². The molecule has 1 aromatic carbocycles. The second kappa shape index (κ2) is 3.60. The fourth-order valence-corrected chi connectivity index (χ4v) is 2.44. The van der Waals surface area contributed by atoms with E-state index in [1.165, 1.54) is 0 Å². The molecule has 0 aromatic heterocycles. The Balaban J connectivity index is 2.56. The highest BCUT2D eigenvalue weighted by Gasteiger charge is 2.19. The van der Waals surface area contributed by atoms with Crippen molar-refractivity contribution in [2.75, 3.05) is 11.9 Å². The van der Waals surface area contributed by atoms with Gasteiger partial charge in [0.15, 0.2) is 0 Å². The van der Waals surface area contributed by atoms with Crippen LogP contribution in [-0.4, -0.2) is 6.54 Å². The van der Waals surface area contributed by atoms with Gasteiger partial charge in [-0.05, 0) is 24.1 Å². The van der Waals surface area contributed by atoms with Crippen molar-refractivity contribution in [1.82, 2.24) is 0 Å². The van der Waals surface area contributed by atoms with Gasteiger partial charge in [-0.1, -0.05) is 23.2 Å². The predicted molar refractivity (Wildman–Crippen MR) is 61.3 cm³/mol. The standard InChI is InChI=1S/C9H9Cl2NS/c10-5-3-6-8(13)1-2-12-9(6)7(11)4-5/h3-4,8,12-13H,1-2H2. The molecule has 0 amide bonds. The van der Waals surface area contributed by atoms with Crippen LogP contribution >= 0.6 is 35.8 Å². The molecular weight excluding hydrogens is 225 g/mol. The van der Waals surface area contributed by atoms with Gasteiger partial charge in [0.1, 0.15) is 0 Å². The van der Waals surface area contributed by atoms with Gasteiger partial charge < -0.3 is 5.32 Å². The topological polar surface area (TPSA) is 12.0 Å². The van der Waals surface area contributed by atoms with Crippen molar-refractivity contribution in [2.45, 2.75) is 11.7 Å². The van der Waals surface area contributed by atoms with E-state index in [0.717, 1.165) is 24.2 Å². The average Bonchev–Trinajstić information content (AvgIpc) is 2.07. The zero-order chi connectivity index (χ0) is 9.42. The Bertz CT molecular complexity index is 341. The van der Waals surface area contributed by atoms with E-state index in [0.29, 0.717) is 10.0 Å². The summed E-state index contributed by atoms with van der Waals surface area (Å²) in [5.74, 6) is 0. The normalized spacial score (nSPS) is 20.7. The van der Waals surface area contributed by atoms with Crippen LogP contribution in [0.15, 0.2) is 12.1 Å². The van der Waals surface area contributed by atoms with E-state index in [2.05, 4.69) is 17.9 Å². The summed E-state index contributed by atoms with van der Waals surface area (Å²) in [6, 6.07) is 3.67. The molecule has 0 saturated carbocycles. The fraction of sp³-hybridized carbons (Fsp3) is 0.333. The van der Waals surface area contributed by atoms with Gasteiger partial charge in [-0.25, -0.2) is 0 Å². The fourth-order valence-electron chi connectivity index (χ4n) is 1.53. The highest BCUT2D eigenvalue weighted by Crippen LogP contribution is 2.40. The summed E-state index contributed by atoms with van der Waals surface area (Å²) < 4.78 is 0. The highest BCUT2D eigenvalue weighted by molar-refractivity contribution is 7.80. The second-order valence-electron chi connectivity index (χ2n) is 3.08. The van der Waals surface area contributed by atoms with Crippen LogP contribution in [0.25, 0.3) is 0 Å². The zero-order valence-corrected chi connectivity index (χ0v) is 9.26. The van der Waals surface area contributed by atoms with Crippen LogP contribution in [0.3, 0.4) is 0 Å². The maximum atomic E-state index is 6.03. The lowest BCUT2D eigenvalue weighted by Crippen LogP contribution is -2.14. The van der Waals surface area contributed by atoms with Gasteiger partial charge in [0, 0.05) is 16.8 Å². The Kier molecular flexibility index (Phi) is 2.63. The van der Waals surface area contributed by atoms with Gasteiger partial charge in [0.25, 0.3) is 0 Å². The predicted octanol–water partition coefficient (Wildman–Crippen LogP) is 3.78. The number of rotatable bonds is 0. The third-order valence-corrected chi connectivity index (χ3v) is 3.22. The Morgan fingerprint density at radius 3 is 2.92 bits per heavy atom. The van der Waals surface area contributed by atoms with Gasteiger partial charge in [-0.3, -0.25) is 0 Å². The molecule has 1 N–H and O–H groups in total. The summed E-state index contributed by atoms with van der Waals surface area (Å²) in [6.45, 7) is 0.919. The molecule has 1 aromatic rings. The minimum Gasteiger partial charge on any atom is -0.384 e. The molecule has 0 fully saturated rings. The van der Waals surface area contributed by atoms with E-state index in [4.69, 9.17) is 23.2 Å². The molecule has 0 bridgehead atoms. The molecule has 0 radical (unpaired) electrons. The summed E-state index contributed by atoms with van der Waals surface area (Å²) in [6.07, 6.45) is 1.01. The lowest BCUT2D eigenvalue weighted by molar-refractivity contribution is 0.816. The second-order valence-corrected chi connectivity index (χ2v) is 4.55. The zero-order valence-electron chi connectivity index (χ0n) is 6.85. The first-order valence-electron chi connectivity index (χ1n) is 4.09. The SMILES string of the molecule is SC1CCNc2c(Cl)cc(Cl)cc21. The van der Waals surface area contributed by atoms with Crippen LogP contribution in [0.2, 0.25) is 10.0 Å². The summed E-state index contributed by atoms with van der Waals surface area (Å²) in [5, 5.41) is 4.85. The van der Waals surface area contributed by atoms with Gasteiger partial charge in [-0.2, -0.15) is 12.6 Å². The van der Waals surface area contributed by atoms with Crippen molar-refractivity contribution in [1.29, 1.82) is 0 Å². The summed E-state index contributed by atoms with van der Waals surface area (Å²) in [4.78, 5) is 0. The van der Waals surface area contributed by atoms with Crippen molar-refractivity contribution in [3.05, 3.63) is 27.7 Å². The van der Waals surface area contributed by atoms with Crippen LogP contribution in [0.5, 0.6) is 0 Å². The third kappa shape index (κ3) is 1.76. The van der Waals surface area contributed by atoms with Crippen molar-refractivity contribution < 1.29 is 0 Å². The quantitative estimate of drug-likeness (QED) is 0.651. The first-order valence-corrected chi connectivity index (χ1v) is 5.36. The number of halogens is 2. The number of benzene rings is 1. The molecule has 1 heterocycles. The van der Waals surface area contributed by atoms with E-state index in [1.807, 2.05) is 6.07 Å². The Labute approximate surface area is 92.8 Å². The largest absolute Gasteiger partial charge is 0.384 e. The number of nitrogens with one attached hydrogen (secondary N) is 1. The number of hydrogen-bond donors (Lipinski definition) is 2. The molecule has 0 aliphatic carbocycles. The highest BCUT2D eigenvalue weighted by atomic mass is 35.5. The molecule has 1 nitrogen and oxygen atoms in total. The molecule has 4 heteroatoms. The van der Waals surface area contributed by atoms with E-state index in [9.17, 15) is 0 Å². The van der Waals surface area contributed by atoms with E-state index in [1.54, 1.807) is 6.07 Å². The van der Waals surface area contributed by atoms with Crippen LogP contribution < -0.4 is 5.32 Å². The monoisotopic (exact) mass is 233 g/mol. The van der Waals surface area contributed by atoms with Crippen LogP contribution in [0.1, 0.15) is 17.2 Å². The molecule has 1 atom stereocenters. The maximum Gasteiger partial charge on any atom is 0.0655 e. The molecule has 0 spiro atoms.